The number of rotatable bonds is 0. The molecular formula is C6H17N3. The van der Waals surface area contributed by atoms with Gasteiger partial charge in [0.25, 0.3) is 0 Å². The molecule has 1 aliphatic heterocycles. The quantitative estimate of drug-likeness (QED) is 0.437. The monoisotopic (exact) mass is 131 g/mol. The maximum atomic E-state index is 3.40. The van der Waals surface area contributed by atoms with Crippen molar-refractivity contribution in [3.8, 4) is 0 Å². The molecule has 0 radical (unpaired) electrons. The van der Waals surface area contributed by atoms with E-state index in [-0.39, 0.29) is 6.15 Å². The Morgan fingerprint density at radius 1 is 1.22 bits per heavy atom. The van der Waals surface area contributed by atoms with Gasteiger partial charge in [-0.05, 0) is 13.8 Å². The maximum absolute atomic E-state index is 3.40. The molecular weight excluding hydrogens is 114 g/mol. The van der Waals surface area contributed by atoms with Gasteiger partial charge in [-0.25, -0.2) is 0 Å². The van der Waals surface area contributed by atoms with Crippen LogP contribution in [-0.2, 0) is 0 Å². The fourth-order valence-electron chi connectivity index (χ4n) is 0.953. The smallest absolute Gasteiger partial charge is 0.0250 e. The molecule has 1 aliphatic rings. The van der Waals surface area contributed by atoms with Crippen LogP contribution in [0.5, 0.6) is 0 Å². The Hall–Kier alpha value is -0.120. The summed E-state index contributed by atoms with van der Waals surface area (Å²) in [5.74, 6) is 0. The van der Waals surface area contributed by atoms with Crippen LogP contribution in [0.1, 0.15) is 13.8 Å². The van der Waals surface area contributed by atoms with Crippen LogP contribution in [0.2, 0.25) is 0 Å². The van der Waals surface area contributed by atoms with Gasteiger partial charge in [-0.1, -0.05) is 0 Å². The lowest BCUT2D eigenvalue weighted by molar-refractivity contribution is 0.323. The SMILES string of the molecule is CC1(C)CNCCN1.N. The third kappa shape index (κ3) is 2.79. The predicted octanol–water partition coefficient (Wildman–Crippen LogP) is 0.120. The summed E-state index contributed by atoms with van der Waals surface area (Å²) in [6, 6.07) is 0. The molecule has 0 aliphatic carbocycles. The first-order valence-electron chi connectivity index (χ1n) is 3.16. The molecule has 5 N–H and O–H groups in total. The molecule has 0 aromatic carbocycles. The van der Waals surface area contributed by atoms with E-state index in [0.29, 0.717) is 5.54 Å². The van der Waals surface area contributed by atoms with Crippen molar-refractivity contribution in [3.05, 3.63) is 0 Å². The second-order valence-electron chi connectivity index (χ2n) is 2.99. The number of nitrogens with one attached hydrogen (secondary N) is 2. The fraction of sp³-hybridized carbons (Fsp3) is 1.00. The van der Waals surface area contributed by atoms with Gasteiger partial charge < -0.3 is 16.8 Å². The fourth-order valence-corrected chi connectivity index (χ4v) is 0.953. The summed E-state index contributed by atoms with van der Waals surface area (Å²) in [4.78, 5) is 0. The van der Waals surface area contributed by atoms with Crippen molar-refractivity contribution in [2.24, 2.45) is 0 Å². The minimum atomic E-state index is 0. The van der Waals surface area contributed by atoms with Crippen molar-refractivity contribution in [3.63, 3.8) is 0 Å². The average molecular weight is 131 g/mol. The second-order valence-corrected chi connectivity index (χ2v) is 2.99. The lowest BCUT2D eigenvalue weighted by Gasteiger charge is -2.31. The Kier molecular flexibility index (Phi) is 3.11. The minimum absolute atomic E-state index is 0. The molecule has 1 rings (SSSR count). The summed E-state index contributed by atoms with van der Waals surface area (Å²) in [5, 5.41) is 6.71. The molecule has 0 aromatic rings. The molecule has 0 unspecified atom stereocenters. The largest absolute Gasteiger partial charge is 0.344 e. The van der Waals surface area contributed by atoms with Crippen molar-refractivity contribution in [1.29, 1.82) is 0 Å². The van der Waals surface area contributed by atoms with Crippen molar-refractivity contribution in [1.82, 2.24) is 16.8 Å². The molecule has 0 spiro atoms. The first kappa shape index (κ1) is 8.88. The van der Waals surface area contributed by atoms with E-state index >= 15 is 0 Å². The average Bonchev–Trinajstić information content (AvgIpc) is 1.65. The van der Waals surface area contributed by atoms with Crippen LogP contribution in [-0.4, -0.2) is 25.2 Å². The third-order valence-corrected chi connectivity index (χ3v) is 1.47. The van der Waals surface area contributed by atoms with Crippen molar-refractivity contribution >= 4 is 0 Å². The standard InChI is InChI=1S/C6H14N2.H3N/c1-6(2)5-7-3-4-8-6;/h7-8H,3-5H2,1-2H3;1H3. The van der Waals surface area contributed by atoms with Gasteiger partial charge in [0, 0.05) is 25.2 Å². The van der Waals surface area contributed by atoms with Gasteiger partial charge in [0.15, 0.2) is 0 Å². The summed E-state index contributed by atoms with van der Waals surface area (Å²) in [5.41, 5.74) is 0.318. The summed E-state index contributed by atoms with van der Waals surface area (Å²) in [7, 11) is 0. The van der Waals surface area contributed by atoms with Crippen LogP contribution < -0.4 is 16.8 Å². The number of piperazine rings is 1. The highest BCUT2D eigenvalue weighted by molar-refractivity contribution is 4.83. The molecule has 1 fully saturated rings. The van der Waals surface area contributed by atoms with Crippen LogP contribution in [0.3, 0.4) is 0 Å². The number of hydrogen-bond donors (Lipinski definition) is 3. The lowest BCUT2D eigenvalue weighted by atomic mass is 10.0. The minimum Gasteiger partial charge on any atom is -0.344 e. The molecule has 1 heterocycles. The molecule has 3 heteroatoms. The van der Waals surface area contributed by atoms with Gasteiger partial charge in [-0.3, -0.25) is 0 Å². The van der Waals surface area contributed by atoms with Gasteiger partial charge >= 0.3 is 0 Å². The zero-order valence-electron chi connectivity index (χ0n) is 6.33. The third-order valence-electron chi connectivity index (χ3n) is 1.47. The second kappa shape index (κ2) is 3.15. The van der Waals surface area contributed by atoms with Gasteiger partial charge in [-0.2, -0.15) is 0 Å². The van der Waals surface area contributed by atoms with E-state index in [1.807, 2.05) is 0 Å². The van der Waals surface area contributed by atoms with Crippen molar-refractivity contribution in [2.45, 2.75) is 19.4 Å². The maximum Gasteiger partial charge on any atom is 0.0250 e. The lowest BCUT2D eigenvalue weighted by Crippen LogP contribution is -2.55. The first-order chi connectivity index (χ1) is 3.71. The van der Waals surface area contributed by atoms with E-state index in [1.54, 1.807) is 0 Å². The van der Waals surface area contributed by atoms with Crippen molar-refractivity contribution in [2.75, 3.05) is 19.6 Å². The molecule has 9 heavy (non-hydrogen) atoms. The summed E-state index contributed by atoms with van der Waals surface area (Å²) in [6.45, 7) is 7.72. The summed E-state index contributed by atoms with van der Waals surface area (Å²) < 4.78 is 0. The molecule has 0 amide bonds. The van der Waals surface area contributed by atoms with Gasteiger partial charge in [0.05, 0.1) is 0 Å². The number of hydrogen-bond acceptors (Lipinski definition) is 3. The molecule has 56 valence electrons. The molecule has 0 aromatic heterocycles. The zero-order chi connectivity index (χ0) is 6.04. The summed E-state index contributed by atoms with van der Waals surface area (Å²) >= 11 is 0. The molecule has 3 nitrogen and oxygen atoms in total. The Balaban J connectivity index is 0.000000640. The molecule has 0 saturated carbocycles. The first-order valence-corrected chi connectivity index (χ1v) is 3.16. The zero-order valence-corrected chi connectivity index (χ0v) is 6.33. The van der Waals surface area contributed by atoms with E-state index in [2.05, 4.69) is 24.5 Å². The Morgan fingerprint density at radius 3 is 2.11 bits per heavy atom. The van der Waals surface area contributed by atoms with Crippen LogP contribution in [0.25, 0.3) is 0 Å². The van der Waals surface area contributed by atoms with E-state index in [4.69, 9.17) is 0 Å². The molecule has 0 atom stereocenters. The van der Waals surface area contributed by atoms with Gasteiger partial charge in [0.1, 0.15) is 0 Å². The van der Waals surface area contributed by atoms with E-state index in [0.717, 1.165) is 19.6 Å². The van der Waals surface area contributed by atoms with Crippen LogP contribution in [0.4, 0.5) is 0 Å². The van der Waals surface area contributed by atoms with Crippen LogP contribution >= 0.6 is 0 Å². The normalized spacial score (nSPS) is 24.7. The Labute approximate surface area is 56.8 Å². The summed E-state index contributed by atoms with van der Waals surface area (Å²) in [6.07, 6.45) is 0. The topological polar surface area (TPSA) is 59.1 Å². The Morgan fingerprint density at radius 2 is 1.89 bits per heavy atom. The van der Waals surface area contributed by atoms with Crippen LogP contribution in [0, 0.1) is 0 Å². The van der Waals surface area contributed by atoms with E-state index in [1.165, 1.54) is 0 Å². The van der Waals surface area contributed by atoms with Gasteiger partial charge in [-0.15, -0.1) is 0 Å². The highest BCUT2D eigenvalue weighted by Gasteiger charge is 2.18. The van der Waals surface area contributed by atoms with Gasteiger partial charge in [0.2, 0.25) is 0 Å². The molecule has 0 bridgehead atoms. The highest BCUT2D eigenvalue weighted by Crippen LogP contribution is 2.00. The van der Waals surface area contributed by atoms with E-state index in [9.17, 15) is 0 Å². The molecule has 1 saturated heterocycles. The van der Waals surface area contributed by atoms with Crippen LogP contribution in [0.15, 0.2) is 0 Å². The highest BCUT2D eigenvalue weighted by atomic mass is 15.1. The van der Waals surface area contributed by atoms with Crippen molar-refractivity contribution < 1.29 is 0 Å². The Bertz CT molecular complexity index is 72.4. The predicted molar refractivity (Wildman–Crippen MR) is 40.0 cm³/mol. The van der Waals surface area contributed by atoms with E-state index < -0.39 is 0 Å².